The lowest BCUT2D eigenvalue weighted by molar-refractivity contribution is -0.145. The van der Waals surface area contributed by atoms with Crippen LogP contribution in [0.3, 0.4) is 0 Å². The molecule has 0 aromatic heterocycles. The van der Waals surface area contributed by atoms with Gasteiger partial charge in [-0.2, -0.15) is 0 Å². The molecule has 0 unspecified atom stereocenters. The van der Waals surface area contributed by atoms with Gasteiger partial charge in [0, 0.05) is 0 Å². The predicted octanol–water partition coefficient (Wildman–Crippen LogP) is -2.68. The first kappa shape index (κ1) is 13.5. The fourth-order valence-electron chi connectivity index (χ4n) is 0.505. The quantitative estimate of drug-likeness (QED) is 0.170. The Morgan fingerprint density at radius 1 is 1.43 bits per heavy atom. The van der Waals surface area contributed by atoms with Crippen LogP contribution in [0.1, 0.15) is 0 Å². The van der Waals surface area contributed by atoms with Gasteiger partial charge in [0.2, 0.25) is 0 Å². The van der Waals surface area contributed by atoms with Gasteiger partial charge in [-0.15, -0.1) is 0 Å². The number of aliphatic hydroxyl groups is 2. The normalized spacial score (nSPS) is 16.1. The number of nitrogens with one attached hydrogen (secondary N) is 1. The molecule has 2 atom stereocenters. The number of hydrogen-bond donors (Lipinski definition) is 6. The second-order valence-corrected chi connectivity index (χ2v) is 3.51. The molecule has 0 aliphatic carbocycles. The number of carbonyl (C=O) groups excluding carboxylic acids is 1. The van der Waals surface area contributed by atoms with Crippen LogP contribution in [-0.4, -0.2) is 49.9 Å². The zero-order valence-corrected chi connectivity index (χ0v) is 7.66. The monoisotopic (exact) mass is 231 g/mol. The smallest absolute Gasteiger partial charge is 0.387 e. The number of hydrogen-bond acceptors (Lipinski definition) is 6. The summed E-state index contributed by atoms with van der Waals surface area (Å²) in [6.45, 7) is -0.946. The van der Waals surface area contributed by atoms with Crippen molar-refractivity contribution in [1.29, 1.82) is 0 Å². The molecular weight excluding hydrogens is 221 g/mol. The summed E-state index contributed by atoms with van der Waals surface area (Å²) in [4.78, 5) is 26.8. The maximum atomic E-state index is 10.5. The second-order valence-electron chi connectivity index (χ2n) is 2.27. The Morgan fingerprint density at radius 3 is 2.29 bits per heavy atom. The van der Waals surface area contributed by atoms with Crippen molar-refractivity contribution in [1.82, 2.24) is 5.48 Å². The van der Waals surface area contributed by atoms with Gasteiger partial charge >= 0.3 is 7.82 Å². The lowest BCUT2D eigenvalue weighted by atomic mass is 10.2. The van der Waals surface area contributed by atoms with Crippen LogP contribution in [0.25, 0.3) is 0 Å². The predicted molar refractivity (Wildman–Crippen MR) is 39.9 cm³/mol. The van der Waals surface area contributed by atoms with Crippen LogP contribution in [0, 0.1) is 0 Å². The average Bonchev–Trinajstić information content (AvgIpc) is 2.10. The van der Waals surface area contributed by atoms with Crippen molar-refractivity contribution in [2.45, 2.75) is 12.2 Å². The van der Waals surface area contributed by atoms with Crippen molar-refractivity contribution < 1.29 is 39.1 Å². The molecular formula is C4H10NO8P. The van der Waals surface area contributed by atoms with Crippen LogP contribution in [0.4, 0.5) is 0 Å². The van der Waals surface area contributed by atoms with Crippen LogP contribution in [0.5, 0.6) is 0 Å². The number of phosphoric acid groups is 1. The number of amides is 1. The summed E-state index contributed by atoms with van der Waals surface area (Å²) in [5, 5.41) is 25.7. The Hall–Kier alpha value is -0.540. The Labute approximate surface area is 78.1 Å². The molecule has 9 nitrogen and oxygen atoms in total. The molecule has 0 saturated carbocycles. The van der Waals surface area contributed by atoms with Gasteiger partial charge in [0.1, 0.15) is 6.10 Å². The van der Waals surface area contributed by atoms with E-state index in [1.54, 1.807) is 0 Å². The lowest BCUT2D eigenvalue weighted by Gasteiger charge is -2.15. The van der Waals surface area contributed by atoms with Crippen molar-refractivity contribution in [3.05, 3.63) is 0 Å². The van der Waals surface area contributed by atoms with Crippen molar-refractivity contribution >= 4 is 13.7 Å². The topological polar surface area (TPSA) is 157 Å². The van der Waals surface area contributed by atoms with E-state index in [9.17, 15) is 9.36 Å². The van der Waals surface area contributed by atoms with Crippen LogP contribution in [0.15, 0.2) is 0 Å². The van der Waals surface area contributed by atoms with Gasteiger partial charge in [0.25, 0.3) is 5.91 Å². The summed E-state index contributed by atoms with van der Waals surface area (Å²) >= 11 is 0. The Balaban J connectivity index is 4.02. The van der Waals surface area contributed by atoms with E-state index in [0.717, 1.165) is 5.48 Å². The minimum Gasteiger partial charge on any atom is -0.387 e. The minimum atomic E-state index is -4.76. The number of rotatable bonds is 5. The van der Waals surface area contributed by atoms with Gasteiger partial charge in [0.15, 0.2) is 6.10 Å². The number of phosphoric ester groups is 1. The van der Waals surface area contributed by atoms with Crippen LogP contribution < -0.4 is 5.48 Å². The maximum absolute atomic E-state index is 10.5. The molecule has 0 spiro atoms. The van der Waals surface area contributed by atoms with Gasteiger partial charge in [-0.05, 0) is 0 Å². The summed E-state index contributed by atoms with van der Waals surface area (Å²) in [5.74, 6) is -1.31. The van der Waals surface area contributed by atoms with Gasteiger partial charge in [-0.3, -0.25) is 14.5 Å². The van der Waals surface area contributed by atoms with Gasteiger partial charge < -0.3 is 20.0 Å². The molecule has 0 radical (unpaired) electrons. The van der Waals surface area contributed by atoms with E-state index < -0.39 is 32.5 Å². The van der Waals surface area contributed by atoms with E-state index in [1.165, 1.54) is 0 Å². The zero-order valence-electron chi connectivity index (χ0n) is 6.77. The molecule has 0 aliphatic rings. The minimum absolute atomic E-state index is 0.946. The molecule has 0 aliphatic heterocycles. The van der Waals surface area contributed by atoms with Gasteiger partial charge in [0.05, 0.1) is 6.61 Å². The summed E-state index contributed by atoms with van der Waals surface area (Å²) in [5.41, 5.74) is 1.04. The highest BCUT2D eigenvalue weighted by Gasteiger charge is 2.26. The van der Waals surface area contributed by atoms with E-state index in [0.29, 0.717) is 0 Å². The summed E-state index contributed by atoms with van der Waals surface area (Å²) in [6.07, 6.45) is -3.89. The summed E-state index contributed by atoms with van der Waals surface area (Å²) in [6, 6.07) is 0. The Kier molecular flexibility index (Phi) is 5.16. The number of aliphatic hydroxyl groups excluding tert-OH is 2. The standard InChI is InChI=1S/C4H10NO8P/c6-2(1-13-14(10,11)12)3(7)4(8)5-9/h2-3,6-7,9H,1H2,(H,5,8)(H2,10,11,12)/t2-,3+/m1/s1. The van der Waals surface area contributed by atoms with E-state index in [-0.39, 0.29) is 0 Å². The molecule has 84 valence electrons. The SMILES string of the molecule is O=C(NO)[C@@H](O)[C@H](O)COP(=O)(O)O. The van der Waals surface area contributed by atoms with E-state index in [4.69, 9.17) is 25.2 Å². The molecule has 0 heterocycles. The third-order valence-corrected chi connectivity index (χ3v) is 1.64. The lowest BCUT2D eigenvalue weighted by Crippen LogP contribution is -2.42. The van der Waals surface area contributed by atoms with Crippen molar-refractivity contribution in [3.8, 4) is 0 Å². The van der Waals surface area contributed by atoms with Crippen molar-refractivity contribution in [2.75, 3.05) is 6.61 Å². The number of hydroxylamine groups is 1. The summed E-state index contributed by atoms with van der Waals surface area (Å²) in [7, 11) is -4.76. The van der Waals surface area contributed by atoms with E-state index in [2.05, 4.69) is 4.52 Å². The molecule has 0 rings (SSSR count). The molecule has 0 bridgehead atoms. The first-order chi connectivity index (χ1) is 6.28. The average molecular weight is 231 g/mol. The first-order valence-electron chi connectivity index (χ1n) is 3.28. The Morgan fingerprint density at radius 2 is 1.93 bits per heavy atom. The molecule has 0 aromatic carbocycles. The first-order valence-corrected chi connectivity index (χ1v) is 4.81. The molecule has 10 heteroatoms. The third kappa shape index (κ3) is 5.25. The largest absolute Gasteiger partial charge is 0.469 e. The van der Waals surface area contributed by atoms with Gasteiger partial charge in [-0.1, -0.05) is 0 Å². The van der Waals surface area contributed by atoms with Crippen LogP contribution >= 0.6 is 7.82 Å². The fourth-order valence-corrected chi connectivity index (χ4v) is 0.852. The molecule has 6 N–H and O–H groups in total. The highest BCUT2D eigenvalue weighted by Crippen LogP contribution is 2.35. The van der Waals surface area contributed by atoms with Crippen LogP contribution in [-0.2, 0) is 13.9 Å². The maximum Gasteiger partial charge on any atom is 0.469 e. The third-order valence-electron chi connectivity index (χ3n) is 1.16. The second kappa shape index (κ2) is 5.37. The van der Waals surface area contributed by atoms with E-state index in [1.807, 2.05) is 0 Å². The molecule has 0 saturated heterocycles. The Bertz CT molecular complexity index is 237. The summed E-state index contributed by atoms with van der Waals surface area (Å²) < 4.78 is 13.9. The van der Waals surface area contributed by atoms with Crippen molar-refractivity contribution in [3.63, 3.8) is 0 Å². The number of carbonyl (C=O) groups is 1. The van der Waals surface area contributed by atoms with Crippen molar-refractivity contribution in [2.24, 2.45) is 0 Å². The van der Waals surface area contributed by atoms with Crippen LogP contribution in [0.2, 0.25) is 0 Å². The molecule has 14 heavy (non-hydrogen) atoms. The highest BCUT2D eigenvalue weighted by molar-refractivity contribution is 7.46. The zero-order chi connectivity index (χ0) is 11.4. The van der Waals surface area contributed by atoms with Gasteiger partial charge in [-0.25, -0.2) is 10.0 Å². The highest BCUT2D eigenvalue weighted by atomic mass is 31.2. The molecule has 0 aromatic rings. The van der Waals surface area contributed by atoms with E-state index >= 15 is 0 Å². The fraction of sp³-hybridized carbons (Fsp3) is 0.750. The molecule has 1 amide bonds. The molecule has 0 fully saturated rings.